The van der Waals surface area contributed by atoms with Crippen LogP contribution in [-0.2, 0) is 16.0 Å². The average molecular weight is 240 g/mol. The second kappa shape index (κ2) is 5.34. The van der Waals surface area contributed by atoms with Crippen molar-refractivity contribution >= 4 is 5.97 Å². The minimum Gasteiger partial charge on any atom is -0.469 e. The molecule has 0 spiro atoms. The van der Waals surface area contributed by atoms with Crippen molar-refractivity contribution < 1.29 is 18.3 Å². The highest BCUT2D eigenvalue weighted by molar-refractivity contribution is 5.72. The molecule has 17 heavy (non-hydrogen) atoms. The van der Waals surface area contributed by atoms with E-state index in [4.69, 9.17) is 5.26 Å². The number of pyridine rings is 1. The van der Waals surface area contributed by atoms with Crippen molar-refractivity contribution in [2.45, 2.75) is 19.8 Å². The second-order valence-corrected chi connectivity index (χ2v) is 3.36. The summed E-state index contributed by atoms with van der Waals surface area (Å²) in [5.41, 5.74) is -0.194. The summed E-state index contributed by atoms with van der Waals surface area (Å²) in [4.78, 5) is 14.6. The number of nitriles is 1. The molecule has 0 fully saturated rings. The zero-order valence-corrected chi connectivity index (χ0v) is 9.33. The normalized spacial score (nSPS) is 10.1. The average Bonchev–Trinajstić information content (AvgIpc) is 2.28. The number of ether oxygens (including phenoxy) is 1. The van der Waals surface area contributed by atoms with Crippen LogP contribution in [0.1, 0.15) is 28.9 Å². The maximum atomic E-state index is 12.7. The summed E-state index contributed by atoms with van der Waals surface area (Å²) in [6, 6.07) is 3.11. The van der Waals surface area contributed by atoms with E-state index >= 15 is 0 Å². The summed E-state index contributed by atoms with van der Waals surface area (Å²) < 4.78 is 29.7. The lowest BCUT2D eigenvalue weighted by molar-refractivity contribution is -0.139. The monoisotopic (exact) mass is 240 g/mol. The van der Waals surface area contributed by atoms with Gasteiger partial charge in [-0.15, -0.1) is 0 Å². The molecule has 0 atom stereocenters. The molecular weight excluding hydrogens is 230 g/mol. The first-order valence-corrected chi connectivity index (χ1v) is 4.75. The molecule has 90 valence electrons. The van der Waals surface area contributed by atoms with Crippen molar-refractivity contribution in [2.24, 2.45) is 0 Å². The second-order valence-electron chi connectivity index (χ2n) is 3.36. The molecule has 1 aromatic rings. The Balaban J connectivity index is 3.21. The smallest absolute Gasteiger partial charge is 0.311 e. The lowest BCUT2D eigenvalue weighted by Crippen LogP contribution is -2.09. The summed E-state index contributed by atoms with van der Waals surface area (Å²) in [6.07, 6.45) is -3.04. The first-order valence-electron chi connectivity index (χ1n) is 4.75. The lowest BCUT2D eigenvalue weighted by atomic mass is 10.1. The fraction of sp³-hybridized carbons (Fsp3) is 0.364. The first-order chi connectivity index (χ1) is 7.99. The van der Waals surface area contributed by atoms with Crippen LogP contribution < -0.4 is 0 Å². The molecule has 1 rings (SSSR count). The van der Waals surface area contributed by atoms with E-state index in [0.717, 1.165) is 0 Å². The van der Waals surface area contributed by atoms with E-state index < -0.39 is 18.1 Å². The van der Waals surface area contributed by atoms with Gasteiger partial charge in [0.1, 0.15) is 11.8 Å². The highest BCUT2D eigenvalue weighted by Gasteiger charge is 2.19. The predicted molar refractivity (Wildman–Crippen MR) is 54.4 cm³/mol. The Kier molecular flexibility index (Phi) is 4.10. The molecule has 0 aliphatic heterocycles. The molecule has 6 heteroatoms. The van der Waals surface area contributed by atoms with E-state index in [-0.39, 0.29) is 17.7 Å². The van der Waals surface area contributed by atoms with E-state index in [1.165, 1.54) is 20.1 Å². The molecule has 0 saturated carbocycles. The quantitative estimate of drug-likeness (QED) is 0.757. The number of aromatic nitrogens is 1. The van der Waals surface area contributed by atoms with E-state index in [1.54, 1.807) is 6.07 Å². The van der Waals surface area contributed by atoms with Gasteiger partial charge in [0.15, 0.2) is 0 Å². The summed E-state index contributed by atoms with van der Waals surface area (Å²) in [6.45, 7) is 1.52. The van der Waals surface area contributed by atoms with Crippen LogP contribution in [-0.4, -0.2) is 18.1 Å². The van der Waals surface area contributed by atoms with Crippen molar-refractivity contribution in [3.8, 4) is 6.07 Å². The van der Waals surface area contributed by atoms with Crippen LogP contribution in [0.4, 0.5) is 8.78 Å². The number of alkyl halides is 2. The largest absolute Gasteiger partial charge is 0.469 e. The summed E-state index contributed by atoms with van der Waals surface area (Å²) in [5, 5.41) is 8.75. The zero-order valence-electron chi connectivity index (χ0n) is 9.33. The number of carbonyl (C=O) groups excluding carboxylic acids is 1. The highest BCUT2D eigenvalue weighted by Crippen LogP contribution is 2.23. The molecular formula is C11H10F2N2O2. The Morgan fingerprint density at radius 1 is 1.65 bits per heavy atom. The number of methoxy groups -OCH3 is 1. The fourth-order valence-corrected chi connectivity index (χ4v) is 1.38. The van der Waals surface area contributed by atoms with Gasteiger partial charge in [-0.25, -0.2) is 13.8 Å². The molecule has 0 saturated heterocycles. The van der Waals surface area contributed by atoms with Crippen LogP contribution in [0, 0.1) is 18.3 Å². The van der Waals surface area contributed by atoms with Crippen molar-refractivity contribution in [2.75, 3.05) is 7.11 Å². The predicted octanol–water partition coefficient (Wildman–Crippen LogP) is 1.91. The van der Waals surface area contributed by atoms with Gasteiger partial charge in [-0.1, -0.05) is 0 Å². The van der Waals surface area contributed by atoms with Gasteiger partial charge in [0.05, 0.1) is 24.8 Å². The van der Waals surface area contributed by atoms with Crippen molar-refractivity contribution in [3.63, 3.8) is 0 Å². The minimum absolute atomic E-state index is 0.145. The zero-order chi connectivity index (χ0) is 13.0. The van der Waals surface area contributed by atoms with Crippen LogP contribution >= 0.6 is 0 Å². The van der Waals surface area contributed by atoms with Crippen molar-refractivity contribution in [1.82, 2.24) is 4.98 Å². The fourth-order valence-electron chi connectivity index (χ4n) is 1.38. The standard InChI is InChI=1S/C11H10F2N2O2/c1-6-3-7(4-9(16)17-2)15-10(11(12)13)8(6)5-14/h3,11H,4H2,1-2H3. The molecule has 1 heterocycles. The van der Waals surface area contributed by atoms with Crippen molar-refractivity contribution in [3.05, 3.63) is 28.6 Å². The Bertz CT molecular complexity index is 481. The number of esters is 1. The van der Waals surface area contributed by atoms with Crippen LogP contribution in [0.25, 0.3) is 0 Å². The molecule has 1 aromatic heterocycles. The van der Waals surface area contributed by atoms with Crippen LogP contribution in [0.2, 0.25) is 0 Å². The Morgan fingerprint density at radius 2 is 2.29 bits per heavy atom. The number of hydrogen-bond donors (Lipinski definition) is 0. The number of hydrogen-bond acceptors (Lipinski definition) is 4. The first kappa shape index (κ1) is 13.0. The Hall–Kier alpha value is -2.03. The van der Waals surface area contributed by atoms with E-state index in [9.17, 15) is 13.6 Å². The van der Waals surface area contributed by atoms with Gasteiger partial charge >= 0.3 is 5.97 Å². The summed E-state index contributed by atoms with van der Waals surface area (Å²) >= 11 is 0. The van der Waals surface area contributed by atoms with E-state index in [1.807, 2.05) is 0 Å². The van der Waals surface area contributed by atoms with Gasteiger partial charge < -0.3 is 4.74 Å². The molecule has 0 aromatic carbocycles. The van der Waals surface area contributed by atoms with Crippen LogP contribution in [0.5, 0.6) is 0 Å². The highest BCUT2D eigenvalue weighted by atomic mass is 19.3. The molecule has 0 aliphatic carbocycles. The lowest BCUT2D eigenvalue weighted by Gasteiger charge is -2.08. The SMILES string of the molecule is COC(=O)Cc1cc(C)c(C#N)c(C(F)F)n1. The third-order valence-corrected chi connectivity index (χ3v) is 2.17. The Labute approximate surface area is 96.8 Å². The van der Waals surface area contributed by atoms with Gasteiger partial charge in [-0.05, 0) is 18.6 Å². The van der Waals surface area contributed by atoms with Crippen molar-refractivity contribution in [1.29, 1.82) is 5.26 Å². The number of aryl methyl sites for hydroxylation is 1. The molecule has 0 radical (unpaired) electrons. The molecule has 0 aliphatic rings. The molecule has 0 unspecified atom stereocenters. The summed E-state index contributed by atoms with van der Waals surface area (Å²) in [5.74, 6) is -0.568. The number of rotatable bonds is 3. The third-order valence-electron chi connectivity index (χ3n) is 2.17. The Morgan fingerprint density at radius 3 is 2.76 bits per heavy atom. The molecule has 0 amide bonds. The third kappa shape index (κ3) is 2.97. The number of nitrogens with zero attached hydrogens (tertiary/aromatic N) is 2. The van der Waals surface area contributed by atoms with E-state index in [2.05, 4.69) is 9.72 Å². The van der Waals surface area contributed by atoms with Crippen LogP contribution in [0.15, 0.2) is 6.07 Å². The van der Waals surface area contributed by atoms with Gasteiger partial charge in [0.25, 0.3) is 6.43 Å². The number of carbonyl (C=O) groups is 1. The molecule has 4 nitrogen and oxygen atoms in total. The van der Waals surface area contributed by atoms with Crippen LogP contribution in [0.3, 0.4) is 0 Å². The number of halogens is 2. The summed E-state index contributed by atoms with van der Waals surface area (Å²) in [7, 11) is 1.20. The van der Waals surface area contributed by atoms with Gasteiger partial charge in [-0.3, -0.25) is 4.79 Å². The van der Waals surface area contributed by atoms with Gasteiger partial charge in [-0.2, -0.15) is 5.26 Å². The van der Waals surface area contributed by atoms with E-state index in [0.29, 0.717) is 5.56 Å². The molecule has 0 N–H and O–H groups in total. The minimum atomic E-state index is -2.85. The maximum Gasteiger partial charge on any atom is 0.311 e. The topological polar surface area (TPSA) is 63.0 Å². The maximum absolute atomic E-state index is 12.7. The molecule has 0 bridgehead atoms. The van der Waals surface area contributed by atoms with Gasteiger partial charge in [0, 0.05) is 0 Å². The van der Waals surface area contributed by atoms with Gasteiger partial charge in [0.2, 0.25) is 0 Å².